The maximum Gasteiger partial charge on any atom is 0.260 e. The van der Waals surface area contributed by atoms with Crippen LogP contribution in [0.4, 0.5) is 5.88 Å². The Hall–Kier alpha value is -3.51. The Morgan fingerprint density at radius 1 is 0.964 bits per heavy atom. The van der Waals surface area contributed by atoms with Crippen LogP contribution in [0.5, 0.6) is 0 Å². The standard InChI is InChI=1S/C21H16ClN3O3/c22-16-12-11-15(27-16)19-17(20(23)28-25-19)21(26)24-18(13-7-3-1-4-8-13)14-9-5-2-6-10-14/h1-12,18H,23H2,(H,24,26). The Bertz CT molecular complexity index is 1050. The Morgan fingerprint density at radius 3 is 2.11 bits per heavy atom. The summed E-state index contributed by atoms with van der Waals surface area (Å²) in [6.07, 6.45) is 0. The number of carbonyl (C=O) groups excluding carboxylic acids is 1. The van der Waals surface area contributed by atoms with Gasteiger partial charge >= 0.3 is 0 Å². The first kappa shape index (κ1) is 17.9. The van der Waals surface area contributed by atoms with Crippen LogP contribution in [-0.2, 0) is 0 Å². The molecule has 0 saturated carbocycles. The number of anilines is 1. The molecule has 6 nitrogen and oxygen atoms in total. The highest BCUT2D eigenvalue weighted by Crippen LogP contribution is 2.31. The van der Waals surface area contributed by atoms with E-state index in [1.807, 2.05) is 60.7 Å². The van der Waals surface area contributed by atoms with Crippen LogP contribution in [0.3, 0.4) is 0 Å². The van der Waals surface area contributed by atoms with E-state index in [0.29, 0.717) is 5.76 Å². The van der Waals surface area contributed by atoms with Crippen LogP contribution in [0.2, 0.25) is 5.22 Å². The lowest BCUT2D eigenvalue weighted by Crippen LogP contribution is -2.30. The van der Waals surface area contributed by atoms with Crippen molar-refractivity contribution in [1.29, 1.82) is 0 Å². The number of nitrogens with zero attached hydrogens (tertiary/aromatic N) is 1. The summed E-state index contributed by atoms with van der Waals surface area (Å²) in [5, 5.41) is 7.05. The van der Waals surface area contributed by atoms with Crippen LogP contribution < -0.4 is 11.1 Å². The van der Waals surface area contributed by atoms with Crippen molar-refractivity contribution < 1.29 is 13.7 Å². The molecule has 0 unspecified atom stereocenters. The largest absolute Gasteiger partial charge is 0.443 e. The fourth-order valence-corrected chi connectivity index (χ4v) is 3.13. The molecule has 0 bridgehead atoms. The highest BCUT2D eigenvalue weighted by molar-refractivity contribution is 6.29. The maximum atomic E-state index is 13.1. The summed E-state index contributed by atoms with van der Waals surface area (Å²) < 4.78 is 10.4. The van der Waals surface area contributed by atoms with Crippen molar-refractivity contribution in [1.82, 2.24) is 10.5 Å². The van der Waals surface area contributed by atoms with Crippen LogP contribution >= 0.6 is 11.6 Å². The summed E-state index contributed by atoms with van der Waals surface area (Å²) in [5.74, 6) is -0.231. The molecule has 2 aromatic heterocycles. The average molecular weight is 394 g/mol. The molecule has 0 aliphatic carbocycles. The highest BCUT2D eigenvalue weighted by atomic mass is 35.5. The second-order valence-electron chi connectivity index (χ2n) is 6.10. The smallest absolute Gasteiger partial charge is 0.260 e. The number of nitrogen functional groups attached to an aromatic ring is 1. The quantitative estimate of drug-likeness (QED) is 0.513. The number of benzene rings is 2. The number of rotatable bonds is 5. The molecule has 0 radical (unpaired) electrons. The Morgan fingerprint density at radius 2 is 1.57 bits per heavy atom. The lowest BCUT2D eigenvalue weighted by molar-refractivity contribution is 0.0944. The number of amides is 1. The molecule has 0 saturated heterocycles. The van der Waals surface area contributed by atoms with Crippen molar-refractivity contribution in [2.75, 3.05) is 5.73 Å². The summed E-state index contributed by atoms with van der Waals surface area (Å²) >= 11 is 5.84. The van der Waals surface area contributed by atoms with Crippen LogP contribution in [0.25, 0.3) is 11.5 Å². The zero-order valence-electron chi connectivity index (χ0n) is 14.6. The number of carbonyl (C=O) groups is 1. The minimum Gasteiger partial charge on any atom is -0.443 e. The van der Waals surface area contributed by atoms with Gasteiger partial charge in [-0.25, -0.2) is 0 Å². The van der Waals surface area contributed by atoms with Crippen molar-refractivity contribution in [3.8, 4) is 11.5 Å². The fraction of sp³-hybridized carbons (Fsp3) is 0.0476. The summed E-state index contributed by atoms with van der Waals surface area (Å²) in [6, 6.07) is 22.1. The van der Waals surface area contributed by atoms with Crippen molar-refractivity contribution in [2.45, 2.75) is 6.04 Å². The zero-order chi connectivity index (χ0) is 19.5. The maximum absolute atomic E-state index is 13.1. The topological polar surface area (TPSA) is 94.3 Å². The summed E-state index contributed by atoms with van der Waals surface area (Å²) in [5.41, 5.74) is 8.03. The normalized spacial score (nSPS) is 10.9. The first-order chi connectivity index (χ1) is 13.6. The van der Waals surface area contributed by atoms with Crippen molar-refractivity contribution in [3.63, 3.8) is 0 Å². The van der Waals surface area contributed by atoms with E-state index in [9.17, 15) is 4.79 Å². The van der Waals surface area contributed by atoms with Gasteiger partial charge in [0.1, 0.15) is 5.56 Å². The van der Waals surface area contributed by atoms with Crippen LogP contribution in [0.1, 0.15) is 27.5 Å². The number of halogens is 1. The second-order valence-corrected chi connectivity index (χ2v) is 6.47. The third-order valence-corrected chi connectivity index (χ3v) is 4.50. The second kappa shape index (κ2) is 7.62. The van der Waals surface area contributed by atoms with Crippen molar-refractivity contribution >= 4 is 23.4 Å². The van der Waals surface area contributed by atoms with Gasteiger partial charge in [-0.2, -0.15) is 0 Å². The molecular formula is C21H16ClN3O3. The molecule has 2 heterocycles. The number of nitrogens with one attached hydrogen (secondary N) is 1. The minimum atomic E-state index is -0.432. The van der Waals surface area contributed by atoms with E-state index in [1.165, 1.54) is 0 Å². The van der Waals surface area contributed by atoms with Gasteiger partial charge in [-0.3, -0.25) is 4.79 Å². The van der Waals surface area contributed by atoms with Gasteiger partial charge < -0.3 is 20.0 Å². The van der Waals surface area contributed by atoms with Crippen molar-refractivity contribution in [2.24, 2.45) is 0 Å². The molecule has 1 amide bonds. The Balaban J connectivity index is 1.71. The molecule has 140 valence electrons. The van der Waals surface area contributed by atoms with Gasteiger partial charge in [0.15, 0.2) is 16.7 Å². The monoisotopic (exact) mass is 393 g/mol. The van der Waals surface area contributed by atoms with Gasteiger partial charge in [-0.1, -0.05) is 65.8 Å². The van der Waals surface area contributed by atoms with E-state index in [1.54, 1.807) is 12.1 Å². The van der Waals surface area contributed by atoms with Gasteiger partial charge in [-0.15, -0.1) is 0 Å². The molecule has 0 aliphatic heterocycles. The molecule has 3 N–H and O–H groups in total. The fourth-order valence-electron chi connectivity index (χ4n) is 2.99. The molecule has 0 aliphatic rings. The van der Waals surface area contributed by atoms with Crippen LogP contribution in [0.15, 0.2) is 81.7 Å². The third-order valence-electron chi connectivity index (χ3n) is 4.29. The van der Waals surface area contributed by atoms with E-state index >= 15 is 0 Å². The zero-order valence-corrected chi connectivity index (χ0v) is 15.4. The van der Waals surface area contributed by atoms with Gasteiger partial charge in [0.05, 0.1) is 6.04 Å². The molecule has 28 heavy (non-hydrogen) atoms. The number of nitrogens with two attached hydrogens (primary N) is 1. The van der Waals surface area contributed by atoms with Gasteiger partial charge in [0, 0.05) is 0 Å². The molecule has 0 fully saturated rings. The van der Waals surface area contributed by atoms with E-state index in [2.05, 4.69) is 10.5 Å². The van der Waals surface area contributed by atoms with Crippen molar-refractivity contribution in [3.05, 3.63) is 94.7 Å². The first-order valence-electron chi connectivity index (χ1n) is 8.55. The first-order valence-corrected chi connectivity index (χ1v) is 8.93. The van der Waals surface area contributed by atoms with E-state index < -0.39 is 5.91 Å². The molecular weight excluding hydrogens is 378 g/mol. The predicted molar refractivity (Wildman–Crippen MR) is 106 cm³/mol. The molecule has 4 aromatic rings. The molecule has 2 aromatic carbocycles. The number of furan rings is 1. The van der Waals surface area contributed by atoms with Gasteiger partial charge in [0.2, 0.25) is 5.88 Å². The number of aromatic nitrogens is 1. The van der Waals surface area contributed by atoms with E-state index in [0.717, 1.165) is 11.1 Å². The van der Waals surface area contributed by atoms with Crippen LogP contribution in [-0.4, -0.2) is 11.1 Å². The molecule has 7 heteroatoms. The van der Waals surface area contributed by atoms with Crippen LogP contribution in [0, 0.1) is 0 Å². The third kappa shape index (κ3) is 3.50. The minimum absolute atomic E-state index is 0.0973. The summed E-state index contributed by atoms with van der Waals surface area (Å²) in [4.78, 5) is 13.1. The number of hydrogen-bond acceptors (Lipinski definition) is 5. The Labute approximate surface area is 165 Å². The van der Waals surface area contributed by atoms with E-state index in [4.69, 9.17) is 26.3 Å². The molecule has 0 atom stereocenters. The summed E-state index contributed by atoms with van der Waals surface area (Å²) in [6.45, 7) is 0. The lowest BCUT2D eigenvalue weighted by Gasteiger charge is -2.19. The Kier molecular flexibility index (Phi) is 4.87. The SMILES string of the molecule is Nc1onc(-c2ccc(Cl)o2)c1C(=O)NC(c1ccccc1)c1ccccc1. The van der Waals surface area contributed by atoms with Gasteiger partial charge in [-0.05, 0) is 34.9 Å². The number of hydrogen-bond donors (Lipinski definition) is 2. The lowest BCUT2D eigenvalue weighted by atomic mass is 9.98. The molecule has 4 rings (SSSR count). The average Bonchev–Trinajstić information content (AvgIpc) is 3.32. The van der Waals surface area contributed by atoms with Gasteiger partial charge in [0.25, 0.3) is 5.91 Å². The highest BCUT2D eigenvalue weighted by Gasteiger charge is 2.27. The predicted octanol–water partition coefficient (Wildman–Crippen LogP) is 4.69. The van der Waals surface area contributed by atoms with E-state index in [-0.39, 0.29) is 28.4 Å². The summed E-state index contributed by atoms with van der Waals surface area (Å²) in [7, 11) is 0. The molecule has 0 spiro atoms.